The third kappa shape index (κ3) is 4.82. The topological polar surface area (TPSA) is 88.3 Å². The SMILES string of the molecule is CCC(=O)Nc1cccc(-c2noc(C3CCCN(C(=O)c4ccc(C)cc4)C3)n2)c1. The van der Waals surface area contributed by atoms with Crippen molar-refractivity contribution in [1.29, 1.82) is 0 Å². The zero-order valence-corrected chi connectivity index (χ0v) is 17.8. The van der Waals surface area contributed by atoms with E-state index in [9.17, 15) is 9.59 Å². The molecule has 0 saturated carbocycles. The zero-order chi connectivity index (χ0) is 21.8. The van der Waals surface area contributed by atoms with Crippen molar-refractivity contribution in [3.05, 3.63) is 65.5 Å². The van der Waals surface area contributed by atoms with Crippen LogP contribution < -0.4 is 5.32 Å². The van der Waals surface area contributed by atoms with Crippen LogP contribution in [0.1, 0.15) is 53.9 Å². The summed E-state index contributed by atoms with van der Waals surface area (Å²) in [6.45, 7) is 5.10. The van der Waals surface area contributed by atoms with Crippen molar-refractivity contribution in [2.75, 3.05) is 18.4 Å². The maximum Gasteiger partial charge on any atom is 0.253 e. The first-order valence-electron chi connectivity index (χ1n) is 10.6. The highest BCUT2D eigenvalue weighted by atomic mass is 16.5. The van der Waals surface area contributed by atoms with Gasteiger partial charge in [-0.2, -0.15) is 4.98 Å². The molecule has 1 aliphatic rings. The second kappa shape index (κ2) is 9.12. The third-order valence-corrected chi connectivity index (χ3v) is 5.52. The van der Waals surface area contributed by atoms with Crippen LogP contribution in [0.4, 0.5) is 5.69 Å². The van der Waals surface area contributed by atoms with Gasteiger partial charge in [0.1, 0.15) is 0 Å². The summed E-state index contributed by atoms with van der Waals surface area (Å²) >= 11 is 0. The predicted molar refractivity (Wildman–Crippen MR) is 118 cm³/mol. The van der Waals surface area contributed by atoms with Gasteiger partial charge < -0.3 is 14.7 Å². The van der Waals surface area contributed by atoms with Crippen LogP contribution in [0.15, 0.2) is 53.1 Å². The van der Waals surface area contributed by atoms with Gasteiger partial charge in [-0.05, 0) is 44.0 Å². The summed E-state index contributed by atoms with van der Waals surface area (Å²) in [6.07, 6.45) is 2.19. The van der Waals surface area contributed by atoms with Crippen LogP contribution in [0, 0.1) is 6.92 Å². The van der Waals surface area contributed by atoms with E-state index in [1.165, 1.54) is 0 Å². The van der Waals surface area contributed by atoms with Crippen molar-refractivity contribution in [2.24, 2.45) is 0 Å². The summed E-state index contributed by atoms with van der Waals surface area (Å²) in [5.74, 6) is 1.01. The van der Waals surface area contributed by atoms with Crippen LogP contribution in [0.25, 0.3) is 11.4 Å². The molecule has 2 amide bonds. The Morgan fingerprint density at radius 3 is 2.77 bits per heavy atom. The molecule has 160 valence electrons. The average molecular weight is 418 g/mol. The second-order valence-electron chi connectivity index (χ2n) is 7.90. The minimum Gasteiger partial charge on any atom is -0.339 e. The fourth-order valence-corrected chi connectivity index (χ4v) is 3.75. The van der Waals surface area contributed by atoms with Crippen LogP contribution in [0.5, 0.6) is 0 Å². The number of likely N-dealkylation sites (tertiary alicyclic amines) is 1. The molecule has 0 bridgehead atoms. The molecular weight excluding hydrogens is 392 g/mol. The van der Waals surface area contributed by atoms with E-state index in [4.69, 9.17) is 4.52 Å². The maximum absolute atomic E-state index is 12.9. The Labute approximate surface area is 181 Å². The third-order valence-electron chi connectivity index (χ3n) is 5.52. The number of anilines is 1. The predicted octanol–water partition coefficient (Wildman–Crippen LogP) is 4.41. The van der Waals surface area contributed by atoms with E-state index in [2.05, 4.69) is 15.5 Å². The number of aromatic nitrogens is 2. The molecule has 0 spiro atoms. The van der Waals surface area contributed by atoms with Crippen molar-refractivity contribution in [3.8, 4) is 11.4 Å². The molecule has 7 heteroatoms. The summed E-state index contributed by atoms with van der Waals surface area (Å²) in [5, 5.41) is 6.98. The fourth-order valence-electron chi connectivity index (χ4n) is 3.75. The summed E-state index contributed by atoms with van der Waals surface area (Å²) in [7, 11) is 0. The molecule has 2 heterocycles. The van der Waals surface area contributed by atoms with Gasteiger partial charge in [0, 0.05) is 36.3 Å². The zero-order valence-electron chi connectivity index (χ0n) is 17.8. The number of aryl methyl sites for hydroxylation is 1. The van der Waals surface area contributed by atoms with Gasteiger partial charge in [-0.3, -0.25) is 9.59 Å². The number of benzene rings is 2. The molecule has 1 aromatic heterocycles. The lowest BCUT2D eigenvalue weighted by atomic mass is 9.97. The van der Waals surface area contributed by atoms with Gasteiger partial charge in [-0.15, -0.1) is 0 Å². The first-order valence-corrected chi connectivity index (χ1v) is 10.6. The molecule has 4 rings (SSSR count). The molecule has 2 aromatic carbocycles. The number of hydrogen-bond donors (Lipinski definition) is 1. The fraction of sp³-hybridized carbons (Fsp3) is 0.333. The average Bonchev–Trinajstić information content (AvgIpc) is 3.30. The summed E-state index contributed by atoms with van der Waals surface area (Å²) < 4.78 is 5.56. The van der Waals surface area contributed by atoms with Crippen molar-refractivity contribution in [3.63, 3.8) is 0 Å². The molecule has 1 aliphatic heterocycles. The van der Waals surface area contributed by atoms with Gasteiger partial charge in [-0.25, -0.2) is 0 Å². The summed E-state index contributed by atoms with van der Waals surface area (Å²) in [4.78, 5) is 31.0. The Morgan fingerprint density at radius 2 is 2.00 bits per heavy atom. The van der Waals surface area contributed by atoms with E-state index in [0.717, 1.165) is 30.5 Å². The van der Waals surface area contributed by atoms with Crippen LogP contribution in [-0.4, -0.2) is 39.9 Å². The number of rotatable bonds is 5. The lowest BCUT2D eigenvalue weighted by molar-refractivity contribution is -0.115. The van der Waals surface area contributed by atoms with Gasteiger partial charge in [-0.1, -0.05) is 41.9 Å². The first-order chi connectivity index (χ1) is 15.0. The quantitative estimate of drug-likeness (QED) is 0.663. The number of nitrogens with zero attached hydrogens (tertiary/aromatic N) is 3. The number of piperidine rings is 1. The highest BCUT2D eigenvalue weighted by Gasteiger charge is 2.29. The molecule has 0 radical (unpaired) electrons. The lowest BCUT2D eigenvalue weighted by Gasteiger charge is -2.31. The Balaban J connectivity index is 1.47. The van der Waals surface area contributed by atoms with Crippen LogP contribution in [0.2, 0.25) is 0 Å². The number of carbonyl (C=O) groups is 2. The van der Waals surface area contributed by atoms with E-state index in [1.54, 1.807) is 0 Å². The monoisotopic (exact) mass is 418 g/mol. The Kier molecular flexibility index (Phi) is 6.11. The molecule has 1 fully saturated rings. The van der Waals surface area contributed by atoms with Crippen molar-refractivity contribution in [2.45, 2.75) is 39.0 Å². The van der Waals surface area contributed by atoms with Crippen molar-refractivity contribution in [1.82, 2.24) is 15.0 Å². The molecule has 31 heavy (non-hydrogen) atoms. The van der Waals surface area contributed by atoms with Crippen LogP contribution in [-0.2, 0) is 4.79 Å². The highest BCUT2D eigenvalue weighted by Crippen LogP contribution is 2.29. The first kappa shape index (κ1) is 20.8. The molecule has 7 nitrogen and oxygen atoms in total. The van der Waals surface area contributed by atoms with Gasteiger partial charge in [0.25, 0.3) is 5.91 Å². The Bertz CT molecular complexity index is 1070. The number of amides is 2. The molecule has 1 N–H and O–H groups in total. The molecule has 1 atom stereocenters. The van der Waals surface area contributed by atoms with Crippen molar-refractivity contribution >= 4 is 17.5 Å². The molecular formula is C24H26N4O3. The van der Waals surface area contributed by atoms with Gasteiger partial charge in [0.05, 0.1) is 5.92 Å². The molecule has 3 aromatic rings. The minimum absolute atomic E-state index is 0.00683. The van der Waals surface area contributed by atoms with Crippen molar-refractivity contribution < 1.29 is 14.1 Å². The molecule has 1 unspecified atom stereocenters. The normalized spacial score (nSPS) is 16.2. The van der Waals surface area contributed by atoms with E-state index >= 15 is 0 Å². The van der Waals surface area contributed by atoms with Gasteiger partial charge in [0.2, 0.25) is 17.6 Å². The Hall–Kier alpha value is -3.48. The highest BCUT2D eigenvalue weighted by molar-refractivity contribution is 5.94. The number of hydrogen-bond acceptors (Lipinski definition) is 5. The summed E-state index contributed by atoms with van der Waals surface area (Å²) in [6, 6.07) is 15.0. The largest absolute Gasteiger partial charge is 0.339 e. The van der Waals surface area contributed by atoms with Gasteiger partial charge >= 0.3 is 0 Å². The Morgan fingerprint density at radius 1 is 1.19 bits per heavy atom. The molecule has 0 aliphatic carbocycles. The molecule has 1 saturated heterocycles. The van der Waals surface area contributed by atoms with Crippen LogP contribution >= 0.6 is 0 Å². The van der Waals surface area contributed by atoms with Crippen LogP contribution in [0.3, 0.4) is 0 Å². The summed E-state index contributed by atoms with van der Waals surface area (Å²) in [5.41, 5.74) is 3.30. The number of nitrogens with one attached hydrogen (secondary N) is 1. The smallest absolute Gasteiger partial charge is 0.253 e. The van der Waals surface area contributed by atoms with E-state index in [1.807, 2.05) is 67.3 Å². The minimum atomic E-state index is -0.0495. The maximum atomic E-state index is 12.9. The number of carbonyl (C=O) groups excluding carboxylic acids is 2. The van der Waals surface area contributed by atoms with E-state index in [-0.39, 0.29) is 17.7 Å². The second-order valence-corrected chi connectivity index (χ2v) is 7.90. The standard InChI is InChI=1S/C24H26N4O3/c1-3-21(29)25-20-8-4-6-18(14-20)22-26-23(31-27-22)19-7-5-13-28(15-19)24(30)17-11-9-16(2)10-12-17/h4,6,8-12,14,19H,3,5,7,13,15H2,1-2H3,(H,25,29). The van der Waals surface area contributed by atoms with E-state index in [0.29, 0.717) is 35.9 Å². The van der Waals surface area contributed by atoms with Gasteiger partial charge in [0.15, 0.2) is 0 Å². The lowest BCUT2D eigenvalue weighted by Crippen LogP contribution is -2.39. The van der Waals surface area contributed by atoms with E-state index < -0.39 is 0 Å².